The van der Waals surface area contributed by atoms with Crippen molar-refractivity contribution in [3.8, 4) is 11.5 Å². The van der Waals surface area contributed by atoms with Gasteiger partial charge in [-0.1, -0.05) is 11.6 Å². The highest BCUT2D eigenvalue weighted by Crippen LogP contribution is 2.36. The third-order valence-electron chi connectivity index (χ3n) is 4.24. The zero-order valence-corrected chi connectivity index (χ0v) is 19.2. The van der Waals surface area contributed by atoms with Gasteiger partial charge in [-0.2, -0.15) is 0 Å². The second-order valence-electron chi connectivity index (χ2n) is 6.52. The van der Waals surface area contributed by atoms with Crippen LogP contribution >= 0.6 is 23.4 Å². The molecule has 1 aromatic carbocycles. The first-order valence-electron chi connectivity index (χ1n) is 9.44. The minimum Gasteiger partial charge on any atom is -0.495 e. The van der Waals surface area contributed by atoms with Crippen molar-refractivity contribution in [1.29, 1.82) is 0 Å². The van der Waals surface area contributed by atoms with Gasteiger partial charge in [0.25, 0.3) is 5.91 Å². The van der Waals surface area contributed by atoms with E-state index in [0.717, 1.165) is 5.56 Å². The fraction of sp³-hybridized carbons (Fsp3) is 0.182. The summed E-state index contributed by atoms with van der Waals surface area (Å²) < 4.78 is 10.5. The molecule has 3 aromatic rings. The lowest BCUT2D eigenvalue weighted by Gasteiger charge is -2.14. The third kappa shape index (κ3) is 5.89. The summed E-state index contributed by atoms with van der Waals surface area (Å²) in [6.07, 6.45) is 3.24. The average Bonchev–Trinajstić information content (AvgIpc) is 2.78. The zero-order chi connectivity index (χ0) is 23.1. The van der Waals surface area contributed by atoms with E-state index in [2.05, 4.69) is 20.6 Å². The number of thioether (sulfide) groups is 1. The molecule has 2 N–H and O–H groups in total. The van der Waals surface area contributed by atoms with Gasteiger partial charge in [-0.3, -0.25) is 9.59 Å². The SMILES string of the molecule is COc1cc(OC)c(NC(=O)c2cccnc2SCc2ccnc(NC(C)=O)c2)cc1Cl. The van der Waals surface area contributed by atoms with Gasteiger partial charge >= 0.3 is 0 Å². The Balaban J connectivity index is 1.78. The Bertz CT molecular complexity index is 1140. The highest BCUT2D eigenvalue weighted by Gasteiger charge is 2.17. The number of nitrogens with one attached hydrogen (secondary N) is 2. The lowest BCUT2D eigenvalue weighted by molar-refractivity contribution is -0.114. The van der Waals surface area contributed by atoms with Crippen molar-refractivity contribution in [1.82, 2.24) is 9.97 Å². The topological polar surface area (TPSA) is 102 Å². The van der Waals surface area contributed by atoms with Gasteiger partial charge in [0.1, 0.15) is 22.3 Å². The normalized spacial score (nSPS) is 10.4. The molecule has 0 bridgehead atoms. The highest BCUT2D eigenvalue weighted by atomic mass is 35.5. The summed E-state index contributed by atoms with van der Waals surface area (Å²) in [4.78, 5) is 32.7. The van der Waals surface area contributed by atoms with Crippen LogP contribution in [-0.2, 0) is 10.5 Å². The summed E-state index contributed by atoms with van der Waals surface area (Å²) >= 11 is 7.60. The van der Waals surface area contributed by atoms with Gasteiger partial charge in [-0.05, 0) is 35.9 Å². The first kappa shape index (κ1) is 23.4. The second kappa shape index (κ2) is 10.8. The second-order valence-corrected chi connectivity index (χ2v) is 7.89. The molecular weight excluding hydrogens is 452 g/mol. The standard InChI is InChI=1S/C22H21ClN4O4S/c1-13(28)26-20-9-14(6-8-24-20)12-32-22-15(5-4-7-25-22)21(29)27-17-10-16(23)18(30-2)11-19(17)31-3/h4-11H,12H2,1-3H3,(H,27,29)(H,24,26,28). The van der Waals surface area contributed by atoms with E-state index in [9.17, 15) is 9.59 Å². The summed E-state index contributed by atoms with van der Waals surface area (Å²) in [6.45, 7) is 1.42. The van der Waals surface area contributed by atoms with E-state index in [0.29, 0.717) is 44.4 Å². The van der Waals surface area contributed by atoms with Crippen molar-refractivity contribution in [3.05, 3.63) is 64.9 Å². The Morgan fingerprint density at radius 2 is 1.81 bits per heavy atom. The van der Waals surface area contributed by atoms with Gasteiger partial charge in [0, 0.05) is 31.1 Å². The molecule has 0 fully saturated rings. The number of pyridine rings is 2. The Kier molecular flexibility index (Phi) is 7.91. The number of methoxy groups -OCH3 is 2. The molecule has 2 heterocycles. The van der Waals surface area contributed by atoms with Gasteiger partial charge in [0.05, 0.1) is 30.5 Å². The summed E-state index contributed by atoms with van der Waals surface area (Å²) in [5.41, 5.74) is 1.74. The van der Waals surface area contributed by atoms with Crippen molar-refractivity contribution in [2.75, 3.05) is 24.9 Å². The lowest BCUT2D eigenvalue weighted by atomic mass is 10.2. The van der Waals surface area contributed by atoms with E-state index in [1.165, 1.54) is 32.9 Å². The maximum Gasteiger partial charge on any atom is 0.258 e. The minimum atomic E-state index is -0.353. The van der Waals surface area contributed by atoms with Crippen LogP contribution in [0.3, 0.4) is 0 Å². The van der Waals surface area contributed by atoms with E-state index in [4.69, 9.17) is 21.1 Å². The van der Waals surface area contributed by atoms with Gasteiger partial charge in [-0.15, -0.1) is 11.8 Å². The Labute approximate surface area is 194 Å². The van der Waals surface area contributed by atoms with E-state index in [1.54, 1.807) is 42.7 Å². The lowest BCUT2D eigenvalue weighted by Crippen LogP contribution is -2.14. The molecule has 8 nitrogen and oxygen atoms in total. The van der Waals surface area contributed by atoms with Crippen LogP contribution < -0.4 is 20.1 Å². The summed E-state index contributed by atoms with van der Waals surface area (Å²) in [5.74, 6) is 1.31. The Morgan fingerprint density at radius 1 is 1.03 bits per heavy atom. The third-order valence-corrected chi connectivity index (χ3v) is 5.61. The number of aromatic nitrogens is 2. The number of hydrogen-bond donors (Lipinski definition) is 2. The number of rotatable bonds is 8. The quantitative estimate of drug-likeness (QED) is 0.460. The molecule has 2 aromatic heterocycles. The molecule has 32 heavy (non-hydrogen) atoms. The molecule has 0 aliphatic carbocycles. The van der Waals surface area contributed by atoms with Crippen LogP contribution in [-0.4, -0.2) is 36.0 Å². The number of nitrogens with zero attached hydrogens (tertiary/aromatic N) is 2. The van der Waals surface area contributed by atoms with E-state index >= 15 is 0 Å². The van der Waals surface area contributed by atoms with E-state index in [1.807, 2.05) is 6.07 Å². The van der Waals surface area contributed by atoms with E-state index < -0.39 is 0 Å². The van der Waals surface area contributed by atoms with E-state index in [-0.39, 0.29) is 11.8 Å². The molecule has 2 amide bonds. The van der Waals surface area contributed by atoms with Crippen LogP contribution in [0.5, 0.6) is 11.5 Å². The number of anilines is 2. The average molecular weight is 473 g/mol. The van der Waals surface area contributed by atoms with Crippen LogP contribution in [0.4, 0.5) is 11.5 Å². The molecule has 0 aliphatic rings. The number of carbonyl (C=O) groups excluding carboxylic acids is 2. The predicted octanol–water partition coefficient (Wildman–Crippen LogP) is 4.65. The molecule has 3 rings (SSSR count). The Morgan fingerprint density at radius 3 is 2.53 bits per heavy atom. The largest absolute Gasteiger partial charge is 0.495 e. The van der Waals surface area contributed by atoms with Gasteiger partial charge in [0.15, 0.2) is 0 Å². The first-order valence-corrected chi connectivity index (χ1v) is 10.8. The zero-order valence-electron chi connectivity index (χ0n) is 17.6. The van der Waals surface area contributed by atoms with Gasteiger partial charge in [0.2, 0.25) is 5.91 Å². The number of halogens is 1. The molecule has 10 heteroatoms. The molecule has 0 saturated heterocycles. The maximum absolute atomic E-state index is 13.0. The van der Waals surface area contributed by atoms with Crippen LogP contribution in [0, 0.1) is 0 Å². The van der Waals surface area contributed by atoms with Crippen molar-refractivity contribution in [3.63, 3.8) is 0 Å². The molecule has 0 spiro atoms. The number of benzene rings is 1. The molecule has 166 valence electrons. The molecular formula is C22H21ClN4O4S. The molecule has 0 radical (unpaired) electrons. The fourth-order valence-corrected chi connectivity index (χ4v) is 3.97. The fourth-order valence-electron chi connectivity index (χ4n) is 2.79. The minimum absolute atomic E-state index is 0.194. The summed E-state index contributed by atoms with van der Waals surface area (Å²) in [6, 6.07) is 10.2. The smallest absolute Gasteiger partial charge is 0.258 e. The monoisotopic (exact) mass is 472 g/mol. The molecule has 0 aliphatic heterocycles. The van der Waals surface area contributed by atoms with Crippen LogP contribution in [0.2, 0.25) is 5.02 Å². The maximum atomic E-state index is 13.0. The first-order chi connectivity index (χ1) is 15.4. The van der Waals surface area contributed by atoms with Crippen LogP contribution in [0.15, 0.2) is 53.8 Å². The molecule has 0 atom stereocenters. The number of hydrogen-bond acceptors (Lipinski definition) is 7. The number of ether oxygens (including phenoxy) is 2. The number of amides is 2. The molecule has 0 saturated carbocycles. The van der Waals surface area contributed by atoms with Crippen LogP contribution in [0.25, 0.3) is 0 Å². The van der Waals surface area contributed by atoms with Gasteiger partial charge < -0.3 is 20.1 Å². The van der Waals surface area contributed by atoms with Crippen molar-refractivity contribution in [2.45, 2.75) is 17.7 Å². The summed E-state index contributed by atoms with van der Waals surface area (Å²) in [5, 5.41) is 6.38. The molecule has 0 unspecified atom stereocenters. The van der Waals surface area contributed by atoms with Crippen LogP contribution in [0.1, 0.15) is 22.8 Å². The highest BCUT2D eigenvalue weighted by molar-refractivity contribution is 7.98. The summed E-state index contributed by atoms with van der Waals surface area (Å²) in [7, 11) is 2.99. The Hall–Kier alpha value is -3.30. The number of carbonyl (C=O) groups is 2. The van der Waals surface area contributed by atoms with Crippen molar-refractivity contribution >= 4 is 46.7 Å². The van der Waals surface area contributed by atoms with Crippen molar-refractivity contribution in [2.24, 2.45) is 0 Å². The van der Waals surface area contributed by atoms with Gasteiger partial charge in [-0.25, -0.2) is 9.97 Å². The van der Waals surface area contributed by atoms with Crippen molar-refractivity contribution < 1.29 is 19.1 Å². The predicted molar refractivity (Wildman–Crippen MR) is 125 cm³/mol.